The average molecular weight is 685 g/mol. The molecule has 0 bridgehead atoms. The first-order chi connectivity index (χ1) is 23.4. The second-order valence-electron chi connectivity index (χ2n) is 12.6. The van der Waals surface area contributed by atoms with E-state index in [1.165, 1.54) is 25.2 Å². The number of carbonyl (C=O) groups excluding carboxylic acids is 2. The smallest absolute Gasteiger partial charge is 0.251 e. The van der Waals surface area contributed by atoms with E-state index < -0.39 is 34.0 Å². The Morgan fingerprint density at radius 3 is 2.08 bits per heavy atom. The van der Waals surface area contributed by atoms with Crippen LogP contribution in [0.4, 0.5) is 5.69 Å². The molecule has 0 aliphatic heterocycles. The quantitative estimate of drug-likeness (QED) is 0.144. The van der Waals surface area contributed by atoms with E-state index in [0.29, 0.717) is 6.42 Å². The first-order valence-electron chi connectivity index (χ1n) is 16.3. The predicted octanol–water partition coefficient (Wildman–Crippen LogP) is 4.56. The number of amides is 2. The van der Waals surface area contributed by atoms with Gasteiger partial charge in [0.1, 0.15) is 5.75 Å². The highest BCUT2D eigenvalue weighted by atomic mass is 32.2. The minimum absolute atomic E-state index is 0.0822. The average Bonchev–Trinajstić information content (AvgIpc) is 3.91. The first kappa shape index (κ1) is 35.6. The lowest BCUT2D eigenvalue weighted by Crippen LogP contribution is -2.50. The SMILES string of the molecule is COc1cccc(C2(NC[C@@H](O)[C@H](Cc3ccccc3)NC(=O)c3cc(C(=O)N[C@H](C)c4ccccc4)cc(N(C)S(C)(=O)=O)c3)CC2)c1. The molecule has 0 aromatic heterocycles. The minimum Gasteiger partial charge on any atom is -0.497 e. The van der Waals surface area contributed by atoms with E-state index in [0.717, 1.165) is 45.8 Å². The molecule has 258 valence electrons. The predicted molar refractivity (Wildman–Crippen MR) is 191 cm³/mol. The van der Waals surface area contributed by atoms with Crippen molar-refractivity contribution in [3.8, 4) is 5.75 Å². The highest BCUT2D eigenvalue weighted by molar-refractivity contribution is 7.92. The Bertz CT molecular complexity index is 1870. The lowest BCUT2D eigenvalue weighted by molar-refractivity contribution is 0.0822. The summed E-state index contributed by atoms with van der Waals surface area (Å²) in [6.07, 6.45) is 2.21. The van der Waals surface area contributed by atoms with Crippen LogP contribution in [0, 0.1) is 0 Å². The molecule has 0 spiro atoms. The van der Waals surface area contributed by atoms with Crippen molar-refractivity contribution in [2.24, 2.45) is 0 Å². The van der Waals surface area contributed by atoms with Gasteiger partial charge in [-0.3, -0.25) is 13.9 Å². The fourth-order valence-corrected chi connectivity index (χ4v) is 6.30. The molecule has 0 radical (unpaired) electrons. The van der Waals surface area contributed by atoms with Gasteiger partial charge in [-0.15, -0.1) is 0 Å². The zero-order valence-electron chi connectivity index (χ0n) is 28.2. The molecule has 2 amide bonds. The van der Waals surface area contributed by atoms with Gasteiger partial charge in [0.2, 0.25) is 10.0 Å². The van der Waals surface area contributed by atoms with Crippen LogP contribution in [0.15, 0.2) is 103 Å². The molecule has 4 aromatic rings. The van der Waals surface area contributed by atoms with Gasteiger partial charge in [-0.2, -0.15) is 0 Å². The van der Waals surface area contributed by atoms with Crippen molar-refractivity contribution in [1.82, 2.24) is 16.0 Å². The van der Waals surface area contributed by atoms with E-state index in [2.05, 4.69) is 16.0 Å². The molecule has 5 rings (SSSR count). The second kappa shape index (κ2) is 15.2. The molecule has 4 aromatic carbocycles. The standard InChI is InChI=1S/C38H44N4O6S/c1-26(28-14-9-6-10-15-28)40-36(44)29-21-30(23-32(22-29)42(2)49(4,46)47)37(45)41-34(20-27-12-7-5-8-13-27)35(43)25-39-38(18-19-38)31-16-11-17-33(24-31)48-3/h5-17,21-24,26,34-35,39,43H,18-20,25H2,1-4H3,(H,40,44)(H,41,45)/t26-,34+,35-/m1/s1. The van der Waals surface area contributed by atoms with Crippen LogP contribution in [0.5, 0.6) is 5.75 Å². The summed E-state index contributed by atoms with van der Waals surface area (Å²) in [6.45, 7) is 2.05. The number of benzene rings is 4. The summed E-state index contributed by atoms with van der Waals surface area (Å²) in [6, 6.07) is 30.1. The van der Waals surface area contributed by atoms with E-state index in [4.69, 9.17) is 4.74 Å². The molecule has 1 aliphatic carbocycles. The highest BCUT2D eigenvalue weighted by Gasteiger charge is 2.44. The second-order valence-corrected chi connectivity index (χ2v) is 14.7. The maximum atomic E-state index is 13.9. The molecular weight excluding hydrogens is 641 g/mol. The Hall–Kier alpha value is -4.71. The molecule has 10 nitrogen and oxygen atoms in total. The van der Waals surface area contributed by atoms with Crippen molar-refractivity contribution in [2.75, 3.05) is 31.3 Å². The van der Waals surface area contributed by atoms with Crippen molar-refractivity contribution in [1.29, 1.82) is 0 Å². The Morgan fingerprint density at radius 2 is 1.49 bits per heavy atom. The molecule has 3 atom stereocenters. The number of hydrogen-bond donors (Lipinski definition) is 4. The minimum atomic E-state index is -3.71. The molecular formula is C38H44N4O6S. The molecule has 1 aliphatic rings. The first-order valence-corrected chi connectivity index (χ1v) is 18.1. The Morgan fingerprint density at radius 1 is 0.878 bits per heavy atom. The largest absolute Gasteiger partial charge is 0.497 e. The van der Waals surface area contributed by atoms with Crippen LogP contribution in [0.2, 0.25) is 0 Å². The Kier molecular flexibility index (Phi) is 11.1. The summed E-state index contributed by atoms with van der Waals surface area (Å²) in [5, 5.41) is 21.0. The van der Waals surface area contributed by atoms with Crippen LogP contribution in [0.25, 0.3) is 0 Å². The van der Waals surface area contributed by atoms with Crippen molar-refractivity contribution in [3.63, 3.8) is 0 Å². The number of aliphatic hydroxyl groups is 1. The van der Waals surface area contributed by atoms with Crippen LogP contribution in [-0.4, -0.2) is 64.4 Å². The number of anilines is 1. The number of carbonyl (C=O) groups is 2. The molecule has 4 N–H and O–H groups in total. The Labute approximate surface area is 288 Å². The number of sulfonamides is 1. The van der Waals surface area contributed by atoms with Crippen LogP contribution in [0.3, 0.4) is 0 Å². The summed E-state index contributed by atoms with van der Waals surface area (Å²) in [5.74, 6) is -0.263. The topological polar surface area (TPSA) is 137 Å². The monoisotopic (exact) mass is 684 g/mol. The summed E-state index contributed by atoms with van der Waals surface area (Å²) in [5.41, 5.74) is 2.95. The fourth-order valence-electron chi connectivity index (χ4n) is 5.81. The zero-order valence-corrected chi connectivity index (χ0v) is 29.0. The van der Waals surface area contributed by atoms with Gasteiger partial charge in [-0.25, -0.2) is 8.42 Å². The Balaban J connectivity index is 1.39. The number of aliphatic hydroxyl groups excluding tert-OH is 1. The van der Waals surface area contributed by atoms with Crippen LogP contribution in [-0.2, 0) is 22.0 Å². The summed E-state index contributed by atoms with van der Waals surface area (Å²) in [7, 11) is -0.721. The van der Waals surface area contributed by atoms with Gasteiger partial charge < -0.3 is 25.8 Å². The summed E-state index contributed by atoms with van der Waals surface area (Å²) in [4.78, 5) is 27.4. The van der Waals surface area contributed by atoms with Gasteiger partial charge in [0.15, 0.2) is 0 Å². The highest BCUT2D eigenvalue weighted by Crippen LogP contribution is 2.46. The van der Waals surface area contributed by atoms with E-state index in [1.54, 1.807) is 7.11 Å². The molecule has 0 heterocycles. The van der Waals surface area contributed by atoms with E-state index in [-0.39, 0.29) is 34.9 Å². The van der Waals surface area contributed by atoms with Gasteiger partial charge in [0, 0.05) is 30.3 Å². The van der Waals surface area contributed by atoms with Crippen molar-refractivity contribution >= 4 is 27.5 Å². The number of methoxy groups -OCH3 is 1. The van der Waals surface area contributed by atoms with E-state index in [1.807, 2.05) is 91.9 Å². The number of nitrogens with zero attached hydrogens (tertiary/aromatic N) is 1. The number of rotatable bonds is 15. The third kappa shape index (κ3) is 9.05. The number of nitrogens with one attached hydrogen (secondary N) is 3. The normalized spacial score (nSPS) is 15.4. The van der Waals surface area contributed by atoms with Gasteiger partial charge >= 0.3 is 0 Å². The molecule has 11 heteroatoms. The van der Waals surface area contributed by atoms with Crippen molar-refractivity contribution in [3.05, 3.63) is 131 Å². The van der Waals surface area contributed by atoms with E-state index in [9.17, 15) is 23.1 Å². The summed E-state index contributed by atoms with van der Waals surface area (Å²) >= 11 is 0. The van der Waals surface area contributed by atoms with Gasteiger partial charge in [0.25, 0.3) is 11.8 Å². The molecule has 1 saturated carbocycles. The van der Waals surface area contributed by atoms with Crippen LogP contribution >= 0.6 is 0 Å². The molecule has 49 heavy (non-hydrogen) atoms. The van der Waals surface area contributed by atoms with Gasteiger partial charge in [-0.05, 0) is 73.2 Å². The number of ether oxygens (including phenoxy) is 1. The lowest BCUT2D eigenvalue weighted by Gasteiger charge is -2.28. The lowest BCUT2D eigenvalue weighted by atomic mass is 9.98. The fraction of sp³-hybridized carbons (Fsp3) is 0.316. The zero-order chi connectivity index (χ0) is 35.2. The van der Waals surface area contributed by atoms with Crippen molar-refractivity contribution in [2.45, 2.75) is 49.9 Å². The molecule has 1 fully saturated rings. The maximum Gasteiger partial charge on any atom is 0.251 e. The van der Waals surface area contributed by atoms with Crippen molar-refractivity contribution < 1.29 is 27.9 Å². The third-order valence-electron chi connectivity index (χ3n) is 9.05. The van der Waals surface area contributed by atoms with Crippen LogP contribution < -0.4 is 25.0 Å². The maximum absolute atomic E-state index is 13.9. The molecule has 0 saturated heterocycles. The van der Waals surface area contributed by atoms with Gasteiger partial charge in [-0.1, -0.05) is 72.8 Å². The van der Waals surface area contributed by atoms with Crippen LogP contribution in [0.1, 0.15) is 63.2 Å². The number of hydrogen-bond acceptors (Lipinski definition) is 7. The van der Waals surface area contributed by atoms with E-state index >= 15 is 0 Å². The summed E-state index contributed by atoms with van der Waals surface area (Å²) < 4.78 is 31.4. The van der Waals surface area contributed by atoms with Gasteiger partial charge in [0.05, 0.1) is 37.2 Å². The molecule has 0 unspecified atom stereocenters. The third-order valence-corrected chi connectivity index (χ3v) is 10.3.